The van der Waals surface area contributed by atoms with Crippen LogP contribution in [0.25, 0.3) is 10.9 Å². The second-order valence-corrected chi connectivity index (χ2v) is 5.33. The number of fused-ring (bicyclic) bond motifs is 1. The largest absolute Gasteiger partial charge is 0.368 e. The van der Waals surface area contributed by atoms with Gasteiger partial charge in [0.2, 0.25) is 5.95 Å². The molecule has 0 unspecified atom stereocenters. The molecule has 0 saturated carbocycles. The maximum atomic E-state index is 5.63. The lowest BCUT2D eigenvalue weighted by molar-refractivity contribution is 1.15. The fourth-order valence-electron chi connectivity index (χ4n) is 1.94. The van der Waals surface area contributed by atoms with E-state index in [0.29, 0.717) is 5.82 Å². The van der Waals surface area contributed by atoms with Crippen molar-refractivity contribution in [3.8, 4) is 0 Å². The molecule has 0 radical (unpaired) electrons. The summed E-state index contributed by atoms with van der Waals surface area (Å²) < 4.78 is 0.949. The Labute approximate surface area is 124 Å². The third-order valence-corrected chi connectivity index (χ3v) is 3.35. The predicted octanol–water partition coefficient (Wildman–Crippen LogP) is 3.42. The molecule has 0 bridgehead atoms. The van der Waals surface area contributed by atoms with E-state index in [1.807, 2.05) is 31.2 Å². The zero-order valence-corrected chi connectivity index (χ0v) is 12.3. The highest BCUT2D eigenvalue weighted by atomic mass is 79.9. The first kappa shape index (κ1) is 12.8. The molecule has 0 spiro atoms. The zero-order valence-electron chi connectivity index (χ0n) is 10.8. The highest BCUT2D eigenvalue weighted by Gasteiger charge is 2.07. The summed E-state index contributed by atoms with van der Waals surface area (Å²) in [6, 6.07) is 7.97. The number of nitrogens with two attached hydrogens (primary N) is 1. The highest BCUT2D eigenvalue weighted by molar-refractivity contribution is 9.10. The van der Waals surface area contributed by atoms with Gasteiger partial charge in [0, 0.05) is 27.8 Å². The van der Waals surface area contributed by atoms with Crippen LogP contribution in [0, 0.1) is 6.92 Å². The van der Waals surface area contributed by atoms with Gasteiger partial charge in [0.1, 0.15) is 5.82 Å². The Balaban J connectivity index is 2.09. The van der Waals surface area contributed by atoms with Crippen LogP contribution >= 0.6 is 15.9 Å². The quantitative estimate of drug-likeness (QED) is 0.753. The van der Waals surface area contributed by atoms with E-state index in [4.69, 9.17) is 5.73 Å². The maximum absolute atomic E-state index is 5.63. The molecule has 2 aromatic heterocycles. The number of hydrogen-bond donors (Lipinski definition) is 2. The standard InChI is InChI=1S/C14H12BrN5/c1-8-6-18-14(16)20-13(8)19-11-4-2-3-9-5-10(15)7-17-12(9)11/h2-7H,1H3,(H3,16,18,19,20). The maximum Gasteiger partial charge on any atom is 0.221 e. The highest BCUT2D eigenvalue weighted by Crippen LogP contribution is 2.27. The second-order valence-electron chi connectivity index (χ2n) is 4.42. The molecule has 1 aromatic carbocycles. The van der Waals surface area contributed by atoms with Crippen molar-refractivity contribution >= 4 is 44.3 Å². The molecule has 100 valence electrons. The normalized spacial score (nSPS) is 10.7. The molecule has 3 N–H and O–H groups in total. The molecule has 6 heteroatoms. The SMILES string of the molecule is Cc1cnc(N)nc1Nc1cccc2cc(Br)cnc12. The first-order valence-electron chi connectivity index (χ1n) is 6.04. The van der Waals surface area contributed by atoms with Gasteiger partial charge >= 0.3 is 0 Å². The summed E-state index contributed by atoms with van der Waals surface area (Å²) in [7, 11) is 0. The van der Waals surface area contributed by atoms with E-state index in [-0.39, 0.29) is 5.95 Å². The Morgan fingerprint density at radius 3 is 2.90 bits per heavy atom. The number of para-hydroxylation sites is 1. The minimum absolute atomic E-state index is 0.244. The van der Waals surface area contributed by atoms with Crippen molar-refractivity contribution in [2.24, 2.45) is 0 Å². The third-order valence-electron chi connectivity index (χ3n) is 2.92. The van der Waals surface area contributed by atoms with Crippen LogP contribution in [0.1, 0.15) is 5.56 Å². The van der Waals surface area contributed by atoms with Gasteiger partial charge in [0.05, 0.1) is 11.2 Å². The van der Waals surface area contributed by atoms with E-state index in [2.05, 4.69) is 36.2 Å². The van der Waals surface area contributed by atoms with Crippen LogP contribution in [0.15, 0.2) is 41.1 Å². The van der Waals surface area contributed by atoms with Crippen molar-refractivity contribution in [2.75, 3.05) is 11.1 Å². The van der Waals surface area contributed by atoms with Crippen LogP contribution in [-0.2, 0) is 0 Å². The average Bonchev–Trinajstić information content (AvgIpc) is 2.43. The number of hydrogen-bond acceptors (Lipinski definition) is 5. The topological polar surface area (TPSA) is 76.7 Å². The molecule has 2 heterocycles. The average molecular weight is 330 g/mol. The predicted molar refractivity (Wildman–Crippen MR) is 83.9 cm³/mol. The van der Waals surface area contributed by atoms with Crippen LogP contribution in [-0.4, -0.2) is 15.0 Å². The van der Waals surface area contributed by atoms with Crippen molar-refractivity contribution in [3.63, 3.8) is 0 Å². The molecule has 20 heavy (non-hydrogen) atoms. The fraction of sp³-hybridized carbons (Fsp3) is 0.0714. The van der Waals surface area contributed by atoms with Gasteiger partial charge in [-0.1, -0.05) is 12.1 Å². The van der Waals surface area contributed by atoms with Crippen LogP contribution in [0.2, 0.25) is 0 Å². The first-order valence-corrected chi connectivity index (χ1v) is 6.83. The van der Waals surface area contributed by atoms with E-state index in [1.54, 1.807) is 12.4 Å². The lowest BCUT2D eigenvalue weighted by atomic mass is 10.2. The van der Waals surface area contributed by atoms with E-state index in [9.17, 15) is 0 Å². The molecular weight excluding hydrogens is 318 g/mol. The van der Waals surface area contributed by atoms with E-state index < -0.39 is 0 Å². The Hall–Kier alpha value is -2.21. The smallest absolute Gasteiger partial charge is 0.221 e. The van der Waals surface area contributed by atoms with Gasteiger partial charge < -0.3 is 11.1 Å². The monoisotopic (exact) mass is 329 g/mol. The first-order chi connectivity index (χ1) is 9.63. The number of anilines is 3. The fourth-order valence-corrected chi connectivity index (χ4v) is 2.29. The van der Waals surface area contributed by atoms with Crippen LogP contribution in [0.4, 0.5) is 17.5 Å². The van der Waals surface area contributed by atoms with Gasteiger partial charge in [-0.05, 0) is 35.0 Å². The summed E-state index contributed by atoms with van der Waals surface area (Å²) in [4.78, 5) is 12.6. The number of aromatic nitrogens is 3. The molecule has 3 aromatic rings. The number of aryl methyl sites for hydroxylation is 1. The summed E-state index contributed by atoms with van der Waals surface area (Å²) in [6.45, 7) is 1.93. The molecular formula is C14H12BrN5. The van der Waals surface area contributed by atoms with Gasteiger partial charge in [-0.2, -0.15) is 4.98 Å². The zero-order chi connectivity index (χ0) is 14.1. The summed E-state index contributed by atoms with van der Waals surface area (Å²) in [5.41, 5.74) is 8.32. The Bertz CT molecular complexity index is 788. The van der Waals surface area contributed by atoms with Gasteiger partial charge in [-0.3, -0.25) is 4.98 Å². The van der Waals surface area contributed by atoms with Gasteiger partial charge in [-0.25, -0.2) is 4.98 Å². The van der Waals surface area contributed by atoms with E-state index >= 15 is 0 Å². The number of pyridine rings is 1. The van der Waals surface area contributed by atoms with Crippen LogP contribution < -0.4 is 11.1 Å². The lowest BCUT2D eigenvalue weighted by Gasteiger charge is -2.10. The molecule has 3 rings (SSSR count). The van der Waals surface area contributed by atoms with Crippen molar-refractivity contribution in [3.05, 3.63) is 46.7 Å². The molecule has 5 nitrogen and oxygen atoms in total. The molecule has 0 fully saturated rings. The van der Waals surface area contributed by atoms with E-state index in [0.717, 1.165) is 26.6 Å². The van der Waals surface area contributed by atoms with E-state index in [1.165, 1.54) is 0 Å². The summed E-state index contributed by atoms with van der Waals surface area (Å²) in [5, 5.41) is 4.31. The molecule has 0 aliphatic rings. The minimum atomic E-state index is 0.244. The van der Waals surface area contributed by atoms with Gasteiger partial charge in [0.25, 0.3) is 0 Å². The van der Waals surface area contributed by atoms with Crippen molar-refractivity contribution in [1.82, 2.24) is 15.0 Å². The Morgan fingerprint density at radius 1 is 1.20 bits per heavy atom. The second kappa shape index (κ2) is 5.05. The Morgan fingerprint density at radius 2 is 2.05 bits per heavy atom. The van der Waals surface area contributed by atoms with Crippen LogP contribution in [0.5, 0.6) is 0 Å². The summed E-state index contributed by atoms with van der Waals surface area (Å²) in [6.07, 6.45) is 3.47. The molecule has 0 saturated heterocycles. The number of rotatable bonds is 2. The number of halogens is 1. The van der Waals surface area contributed by atoms with Gasteiger partial charge in [-0.15, -0.1) is 0 Å². The van der Waals surface area contributed by atoms with Gasteiger partial charge in [0.15, 0.2) is 0 Å². The molecule has 0 aliphatic heterocycles. The Kier molecular flexibility index (Phi) is 3.23. The number of benzene rings is 1. The number of nitrogen functional groups attached to an aromatic ring is 1. The summed E-state index contributed by atoms with van der Waals surface area (Å²) in [5.74, 6) is 0.934. The number of nitrogens with one attached hydrogen (secondary N) is 1. The van der Waals surface area contributed by atoms with Crippen molar-refractivity contribution in [2.45, 2.75) is 6.92 Å². The molecule has 0 amide bonds. The molecule has 0 atom stereocenters. The van der Waals surface area contributed by atoms with Crippen LogP contribution in [0.3, 0.4) is 0 Å². The lowest BCUT2D eigenvalue weighted by Crippen LogP contribution is -2.02. The molecule has 0 aliphatic carbocycles. The third kappa shape index (κ3) is 2.42. The number of nitrogens with zero attached hydrogens (tertiary/aromatic N) is 3. The summed E-state index contributed by atoms with van der Waals surface area (Å²) >= 11 is 3.42. The minimum Gasteiger partial charge on any atom is -0.368 e. The van der Waals surface area contributed by atoms with Crippen molar-refractivity contribution in [1.29, 1.82) is 0 Å². The van der Waals surface area contributed by atoms with Crippen molar-refractivity contribution < 1.29 is 0 Å².